The second-order valence-electron chi connectivity index (χ2n) is 8.42. The van der Waals surface area contributed by atoms with Gasteiger partial charge in [-0.15, -0.1) is 5.10 Å². The molecular formula is C24H30N8. The van der Waals surface area contributed by atoms with Crippen LogP contribution in [-0.2, 0) is 19.4 Å². The second-order valence-corrected chi connectivity index (χ2v) is 8.42. The van der Waals surface area contributed by atoms with E-state index in [2.05, 4.69) is 69.5 Å². The molecule has 0 aliphatic rings. The van der Waals surface area contributed by atoms with Gasteiger partial charge in [0.05, 0.1) is 6.54 Å². The van der Waals surface area contributed by atoms with Gasteiger partial charge in [-0.3, -0.25) is 0 Å². The Morgan fingerprint density at radius 2 is 1.78 bits per heavy atom. The first-order valence-electron chi connectivity index (χ1n) is 11.2. The zero-order valence-electron chi connectivity index (χ0n) is 18.7. The van der Waals surface area contributed by atoms with Gasteiger partial charge in [-0.25, -0.2) is 14.8 Å². The molecule has 8 nitrogen and oxygen atoms in total. The number of aryl methyl sites for hydroxylation is 2. The summed E-state index contributed by atoms with van der Waals surface area (Å²) in [5, 5.41) is 19.1. The first-order valence-corrected chi connectivity index (χ1v) is 11.2. The first kappa shape index (κ1) is 21.8. The highest BCUT2D eigenvalue weighted by atomic mass is 15.5. The molecule has 0 spiro atoms. The minimum Gasteiger partial charge on any atom is -0.330 e. The molecule has 0 amide bonds. The number of hydrogen-bond donors (Lipinski definition) is 2. The average Bonchev–Trinajstić information content (AvgIpc) is 3.47. The average molecular weight is 431 g/mol. The van der Waals surface area contributed by atoms with Crippen molar-refractivity contribution in [2.24, 2.45) is 11.7 Å². The van der Waals surface area contributed by atoms with Crippen LogP contribution in [0.2, 0.25) is 0 Å². The molecular weight excluding hydrogens is 400 g/mol. The molecule has 0 aliphatic heterocycles. The van der Waals surface area contributed by atoms with E-state index in [9.17, 15) is 0 Å². The topological polar surface area (TPSA) is 111 Å². The summed E-state index contributed by atoms with van der Waals surface area (Å²) in [4.78, 5) is 4.80. The number of aromatic nitrogens is 7. The molecule has 0 saturated carbocycles. The number of benzene rings is 2. The van der Waals surface area contributed by atoms with E-state index in [0.29, 0.717) is 24.8 Å². The summed E-state index contributed by atoms with van der Waals surface area (Å²) in [6.07, 6.45) is 3.76. The van der Waals surface area contributed by atoms with E-state index in [1.54, 1.807) is 0 Å². The standard InChI is InChI=1S/C24H30N8/c1-17(2)9-14-23-26-22(8-5-15-25)29-32(23)16-18-10-12-19(13-11-18)20-6-3-4-7-21(20)24-27-30-31-28-24/h3-4,6-7,10-13,17H,5,8-9,14-16,25H2,1-2H3,(H,27,28,30,31). The molecule has 0 atom stereocenters. The molecule has 0 saturated heterocycles. The largest absolute Gasteiger partial charge is 0.330 e. The number of aromatic amines is 1. The first-order chi connectivity index (χ1) is 15.6. The fraction of sp³-hybridized carbons (Fsp3) is 0.375. The van der Waals surface area contributed by atoms with Crippen LogP contribution in [0.15, 0.2) is 48.5 Å². The fourth-order valence-corrected chi connectivity index (χ4v) is 3.70. The van der Waals surface area contributed by atoms with Crippen molar-refractivity contribution in [2.75, 3.05) is 6.54 Å². The minimum absolute atomic E-state index is 0.631. The molecule has 4 rings (SSSR count). The lowest BCUT2D eigenvalue weighted by Crippen LogP contribution is -2.08. The van der Waals surface area contributed by atoms with Gasteiger partial charge in [0.25, 0.3) is 0 Å². The van der Waals surface area contributed by atoms with Gasteiger partial charge in [-0.05, 0) is 52.4 Å². The zero-order chi connectivity index (χ0) is 22.3. The molecule has 2 aromatic heterocycles. The van der Waals surface area contributed by atoms with Gasteiger partial charge in [-0.2, -0.15) is 5.10 Å². The van der Waals surface area contributed by atoms with Gasteiger partial charge in [-0.1, -0.05) is 62.4 Å². The Kier molecular flexibility index (Phi) is 7.01. The smallest absolute Gasteiger partial charge is 0.180 e. The van der Waals surface area contributed by atoms with E-state index in [1.807, 2.05) is 18.2 Å². The third-order valence-electron chi connectivity index (χ3n) is 5.47. The van der Waals surface area contributed by atoms with Crippen LogP contribution in [0.3, 0.4) is 0 Å². The number of nitrogens with zero attached hydrogens (tertiary/aromatic N) is 6. The summed E-state index contributed by atoms with van der Waals surface area (Å²) >= 11 is 0. The van der Waals surface area contributed by atoms with Crippen molar-refractivity contribution in [3.8, 4) is 22.5 Å². The Bertz CT molecular complexity index is 1110. The highest BCUT2D eigenvalue weighted by molar-refractivity contribution is 5.80. The number of nitrogens with two attached hydrogens (primary N) is 1. The summed E-state index contributed by atoms with van der Waals surface area (Å²) in [5.74, 6) is 3.23. The van der Waals surface area contributed by atoms with E-state index in [-0.39, 0.29) is 0 Å². The van der Waals surface area contributed by atoms with E-state index in [1.165, 1.54) is 5.56 Å². The third-order valence-corrected chi connectivity index (χ3v) is 5.47. The Hall–Kier alpha value is -3.39. The van der Waals surface area contributed by atoms with Crippen molar-refractivity contribution >= 4 is 0 Å². The molecule has 0 aliphatic carbocycles. The Morgan fingerprint density at radius 1 is 1.00 bits per heavy atom. The monoisotopic (exact) mass is 430 g/mol. The van der Waals surface area contributed by atoms with Gasteiger partial charge in [0.15, 0.2) is 11.6 Å². The van der Waals surface area contributed by atoms with Crippen molar-refractivity contribution < 1.29 is 0 Å². The molecule has 166 valence electrons. The van der Waals surface area contributed by atoms with Crippen molar-refractivity contribution in [3.05, 3.63) is 65.7 Å². The molecule has 8 heteroatoms. The minimum atomic E-state index is 0.631. The van der Waals surface area contributed by atoms with Gasteiger partial charge < -0.3 is 5.73 Å². The van der Waals surface area contributed by atoms with Crippen LogP contribution in [0.4, 0.5) is 0 Å². The fourth-order valence-electron chi connectivity index (χ4n) is 3.70. The second kappa shape index (κ2) is 10.3. The highest BCUT2D eigenvalue weighted by Gasteiger charge is 2.13. The summed E-state index contributed by atoms with van der Waals surface area (Å²) < 4.78 is 2.05. The number of hydrogen-bond acceptors (Lipinski definition) is 6. The molecule has 0 bridgehead atoms. The SMILES string of the molecule is CC(C)CCc1nc(CCCN)nn1Cc1ccc(-c2ccccc2-c2nnn[nH]2)cc1. The van der Waals surface area contributed by atoms with Crippen molar-refractivity contribution in [1.82, 2.24) is 35.4 Å². The van der Waals surface area contributed by atoms with Gasteiger partial charge in [0.1, 0.15) is 5.82 Å². The highest BCUT2D eigenvalue weighted by Crippen LogP contribution is 2.29. The number of H-pyrrole nitrogens is 1. The van der Waals surface area contributed by atoms with Crippen LogP contribution in [0.1, 0.15) is 43.9 Å². The van der Waals surface area contributed by atoms with E-state index < -0.39 is 0 Å². The molecule has 4 aromatic rings. The Morgan fingerprint density at radius 3 is 2.47 bits per heavy atom. The zero-order valence-corrected chi connectivity index (χ0v) is 18.7. The summed E-state index contributed by atoms with van der Waals surface area (Å²) in [5.41, 5.74) is 10.0. The van der Waals surface area contributed by atoms with Gasteiger partial charge in [0.2, 0.25) is 0 Å². The molecule has 0 fully saturated rings. The van der Waals surface area contributed by atoms with Crippen LogP contribution in [0.25, 0.3) is 22.5 Å². The predicted molar refractivity (Wildman–Crippen MR) is 125 cm³/mol. The van der Waals surface area contributed by atoms with Gasteiger partial charge in [0, 0.05) is 18.4 Å². The van der Waals surface area contributed by atoms with Crippen LogP contribution in [0, 0.1) is 5.92 Å². The normalized spacial score (nSPS) is 11.4. The molecule has 2 heterocycles. The summed E-state index contributed by atoms with van der Waals surface area (Å²) in [7, 11) is 0. The molecule has 2 aromatic carbocycles. The molecule has 0 radical (unpaired) electrons. The number of nitrogens with one attached hydrogen (secondary N) is 1. The molecule has 3 N–H and O–H groups in total. The maximum Gasteiger partial charge on any atom is 0.180 e. The van der Waals surface area contributed by atoms with Crippen LogP contribution >= 0.6 is 0 Å². The lowest BCUT2D eigenvalue weighted by atomic mass is 9.98. The van der Waals surface area contributed by atoms with Crippen molar-refractivity contribution in [2.45, 2.75) is 46.1 Å². The van der Waals surface area contributed by atoms with Crippen molar-refractivity contribution in [1.29, 1.82) is 0 Å². The van der Waals surface area contributed by atoms with Crippen molar-refractivity contribution in [3.63, 3.8) is 0 Å². The van der Waals surface area contributed by atoms with E-state index >= 15 is 0 Å². The number of tetrazole rings is 1. The maximum absolute atomic E-state index is 5.67. The molecule has 0 unspecified atom stereocenters. The van der Waals surface area contributed by atoms with Crippen LogP contribution in [-0.4, -0.2) is 41.9 Å². The number of rotatable bonds is 10. The Labute approximate surface area is 188 Å². The lowest BCUT2D eigenvalue weighted by molar-refractivity contribution is 0.546. The third kappa shape index (κ3) is 5.26. The quantitative estimate of drug-likeness (QED) is 0.397. The Balaban J connectivity index is 1.55. The van der Waals surface area contributed by atoms with E-state index in [0.717, 1.165) is 54.0 Å². The lowest BCUT2D eigenvalue weighted by Gasteiger charge is -2.10. The summed E-state index contributed by atoms with van der Waals surface area (Å²) in [6.45, 7) is 5.84. The van der Waals surface area contributed by atoms with Crippen LogP contribution < -0.4 is 5.73 Å². The maximum atomic E-state index is 5.67. The molecule has 32 heavy (non-hydrogen) atoms. The van der Waals surface area contributed by atoms with Crippen LogP contribution in [0.5, 0.6) is 0 Å². The summed E-state index contributed by atoms with van der Waals surface area (Å²) in [6, 6.07) is 16.7. The van der Waals surface area contributed by atoms with Gasteiger partial charge >= 0.3 is 0 Å². The predicted octanol–water partition coefficient (Wildman–Crippen LogP) is 3.65. The van der Waals surface area contributed by atoms with E-state index in [4.69, 9.17) is 15.8 Å².